The fraction of sp³-hybridized carbons (Fsp3) is 0.417. The fourth-order valence-corrected chi connectivity index (χ4v) is 5.13. The Morgan fingerprint density at radius 3 is 2.54 bits per heavy atom. The standard InChI is InChI=1S/C24H27FN4O5S/c1-2-34-24(31)20-14-19(15-26)22(27-21(20)8-11-25)29-12-9-18(10-13-29)23(30)28-35(32,33)16-17-6-4-3-5-7-17/h3-7,14,18H,2,8-13,16H2,1H3,(H,28,30). The van der Waals surface area contributed by atoms with E-state index < -0.39 is 34.5 Å². The minimum atomic E-state index is -3.84. The Balaban J connectivity index is 1.69. The lowest BCUT2D eigenvalue weighted by molar-refractivity contribution is -0.123. The number of pyridine rings is 1. The largest absolute Gasteiger partial charge is 0.462 e. The van der Waals surface area contributed by atoms with Crippen molar-refractivity contribution in [3.8, 4) is 6.07 Å². The molecule has 186 valence electrons. The Morgan fingerprint density at radius 2 is 1.94 bits per heavy atom. The number of hydrogen-bond donors (Lipinski definition) is 1. The fourth-order valence-electron chi connectivity index (χ4n) is 3.95. The van der Waals surface area contributed by atoms with Crippen molar-refractivity contribution in [1.29, 1.82) is 5.26 Å². The number of aromatic nitrogens is 1. The van der Waals surface area contributed by atoms with Crippen LogP contribution in [0.15, 0.2) is 36.4 Å². The molecule has 0 aliphatic carbocycles. The minimum absolute atomic E-state index is 0.0580. The second-order valence-electron chi connectivity index (χ2n) is 8.10. The number of esters is 1. The van der Waals surface area contributed by atoms with E-state index >= 15 is 0 Å². The Bertz CT molecular complexity index is 1210. The van der Waals surface area contributed by atoms with E-state index in [0.29, 0.717) is 37.3 Å². The number of carbonyl (C=O) groups is 2. The van der Waals surface area contributed by atoms with Crippen LogP contribution in [0, 0.1) is 17.2 Å². The third kappa shape index (κ3) is 6.76. The second kappa shape index (κ2) is 11.8. The van der Waals surface area contributed by atoms with Crippen LogP contribution in [-0.4, -0.2) is 51.6 Å². The molecule has 1 amide bonds. The molecular formula is C24H27FN4O5S. The highest BCUT2D eigenvalue weighted by Crippen LogP contribution is 2.27. The second-order valence-corrected chi connectivity index (χ2v) is 9.82. The van der Waals surface area contributed by atoms with Crippen molar-refractivity contribution in [2.24, 2.45) is 5.92 Å². The molecule has 2 aromatic rings. The summed E-state index contributed by atoms with van der Waals surface area (Å²) < 4.78 is 45.1. The number of piperidine rings is 1. The number of hydrogen-bond acceptors (Lipinski definition) is 8. The number of halogens is 1. The Hall–Kier alpha value is -3.52. The molecule has 1 aliphatic heterocycles. The van der Waals surface area contributed by atoms with E-state index in [0.717, 1.165) is 0 Å². The molecule has 1 fully saturated rings. The molecule has 9 nitrogen and oxygen atoms in total. The van der Waals surface area contributed by atoms with Gasteiger partial charge in [0.1, 0.15) is 11.9 Å². The van der Waals surface area contributed by atoms with Crippen molar-refractivity contribution < 1.29 is 27.1 Å². The van der Waals surface area contributed by atoms with Crippen molar-refractivity contribution in [3.05, 3.63) is 58.8 Å². The summed E-state index contributed by atoms with van der Waals surface area (Å²) in [5.74, 6) is -1.74. The van der Waals surface area contributed by atoms with Gasteiger partial charge in [-0.2, -0.15) is 5.26 Å². The molecule has 0 spiro atoms. The van der Waals surface area contributed by atoms with Gasteiger partial charge in [-0.15, -0.1) is 0 Å². The number of nitrogens with one attached hydrogen (secondary N) is 1. The van der Waals surface area contributed by atoms with Gasteiger partial charge >= 0.3 is 5.97 Å². The molecule has 11 heteroatoms. The summed E-state index contributed by atoms with van der Waals surface area (Å²) in [6.07, 6.45) is 0.583. The van der Waals surface area contributed by atoms with Crippen molar-refractivity contribution in [3.63, 3.8) is 0 Å². The highest BCUT2D eigenvalue weighted by Gasteiger charge is 2.30. The lowest BCUT2D eigenvalue weighted by atomic mass is 9.96. The first kappa shape index (κ1) is 26.1. The summed E-state index contributed by atoms with van der Waals surface area (Å²) >= 11 is 0. The minimum Gasteiger partial charge on any atom is -0.462 e. The van der Waals surface area contributed by atoms with Crippen LogP contribution in [0.25, 0.3) is 0 Å². The Morgan fingerprint density at radius 1 is 1.26 bits per heavy atom. The van der Waals surface area contributed by atoms with Crippen LogP contribution in [0.2, 0.25) is 0 Å². The number of aryl methyl sites for hydroxylation is 1. The number of carbonyl (C=O) groups excluding carboxylic acids is 2. The molecule has 1 aromatic heterocycles. The van der Waals surface area contributed by atoms with Crippen LogP contribution in [0.4, 0.5) is 10.2 Å². The number of nitriles is 1. The van der Waals surface area contributed by atoms with Crippen LogP contribution in [-0.2, 0) is 31.7 Å². The van der Waals surface area contributed by atoms with Gasteiger partial charge in [-0.1, -0.05) is 30.3 Å². The lowest BCUT2D eigenvalue weighted by Crippen LogP contribution is -2.43. The van der Waals surface area contributed by atoms with E-state index in [1.54, 1.807) is 42.2 Å². The molecule has 0 unspecified atom stereocenters. The van der Waals surface area contributed by atoms with E-state index in [2.05, 4.69) is 9.71 Å². The van der Waals surface area contributed by atoms with Gasteiger partial charge in [0.05, 0.1) is 35.9 Å². The topological polar surface area (TPSA) is 129 Å². The van der Waals surface area contributed by atoms with Crippen LogP contribution in [0.3, 0.4) is 0 Å². The molecule has 1 aromatic carbocycles. The summed E-state index contributed by atoms with van der Waals surface area (Å²) in [6, 6.07) is 12.0. The summed E-state index contributed by atoms with van der Waals surface area (Å²) in [7, 11) is -3.84. The van der Waals surface area contributed by atoms with Gasteiger partial charge in [0.25, 0.3) is 0 Å². The number of sulfonamides is 1. The van der Waals surface area contributed by atoms with Crippen LogP contribution in [0.1, 0.15) is 46.9 Å². The quantitative estimate of drug-likeness (QED) is 0.518. The molecule has 3 rings (SSSR count). The van der Waals surface area contributed by atoms with Crippen molar-refractivity contribution in [2.45, 2.75) is 31.9 Å². The van der Waals surface area contributed by atoms with E-state index in [9.17, 15) is 27.7 Å². The van der Waals surface area contributed by atoms with Gasteiger partial charge in [-0.25, -0.2) is 18.2 Å². The number of alkyl halides is 1. The molecule has 0 radical (unpaired) electrons. The zero-order chi connectivity index (χ0) is 25.4. The maximum absolute atomic E-state index is 13.1. The molecule has 0 atom stereocenters. The third-order valence-corrected chi connectivity index (χ3v) is 6.87. The lowest BCUT2D eigenvalue weighted by Gasteiger charge is -2.33. The summed E-state index contributed by atoms with van der Waals surface area (Å²) in [5.41, 5.74) is 0.978. The molecular weight excluding hydrogens is 475 g/mol. The first-order valence-electron chi connectivity index (χ1n) is 11.3. The Labute approximate surface area is 204 Å². The SMILES string of the molecule is CCOC(=O)c1cc(C#N)c(N2CCC(C(=O)NS(=O)(=O)Cc3ccccc3)CC2)nc1CCF. The van der Waals surface area contributed by atoms with Gasteiger partial charge in [0.15, 0.2) is 0 Å². The molecule has 35 heavy (non-hydrogen) atoms. The van der Waals surface area contributed by atoms with Crippen LogP contribution < -0.4 is 9.62 Å². The number of rotatable bonds is 9. The van der Waals surface area contributed by atoms with Crippen molar-refractivity contribution in [1.82, 2.24) is 9.71 Å². The average Bonchev–Trinajstić information content (AvgIpc) is 2.84. The van der Waals surface area contributed by atoms with E-state index in [1.165, 1.54) is 6.07 Å². The first-order chi connectivity index (χ1) is 16.8. The predicted octanol–water partition coefficient (Wildman–Crippen LogP) is 2.50. The van der Waals surface area contributed by atoms with Gasteiger partial charge in [-0.3, -0.25) is 13.9 Å². The maximum atomic E-state index is 13.1. The van der Waals surface area contributed by atoms with Gasteiger partial charge in [0, 0.05) is 25.4 Å². The van der Waals surface area contributed by atoms with Crippen LogP contribution in [0.5, 0.6) is 0 Å². The smallest absolute Gasteiger partial charge is 0.340 e. The van der Waals surface area contributed by atoms with Gasteiger partial charge < -0.3 is 9.64 Å². The van der Waals surface area contributed by atoms with Crippen molar-refractivity contribution in [2.75, 3.05) is 31.3 Å². The number of anilines is 1. The number of ether oxygens (including phenoxy) is 1. The predicted molar refractivity (Wildman–Crippen MR) is 127 cm³/mol. The molecule has 0 bridgehead atoms. The first-order valence-corrected chi connectivity index (χ1v) is 12.9. The molecule has 0 saturated carbocycles. The third-order valence-electron chi connectivity index (χ3n) is 5.65. The normalized spacial score (nSPS) is 14.3. The number of nitrogens with zero attached hydrogens (tertiary/aromatic N) is 3. The summed E-state index contributed by atoms with van der Waals surface area (Å²) in [6.45, 7) is 1.73. The van der Waals surface area contributed by atoms with Gasteiger partial charge in [-0.05, 0) is 31.4 Å². The zero-order valence-electron chi connectivity index (χ0n) is 19.4. The molecule has 2 heterocycles. The Kier molecular flexibility index (Phi) is 8.76. The van der Waals surface area contributed by atoms with E-state index in [-0.39, 0.29) is 35.6 Å². The van der Waals surface area contributed by atoms with E-state index in [4.69, 9.17) is 4.74 Å². The van der Waals surface area contributed by atoms with Crippen molar-refractivity contribution >= 4 is 27.7 Å². The molecule has 1 N–H and O–H groups in total. The number of amides is 1. The zero-order valence-corrected chi connectivity index (χ0v) is 20.2. The maximum Gasteiger partial charge on any atom is 0.340 e. The highest BCUT2D eigenvalue weighted by molar-refractivity contribution is 7.89. The molecule has 1 aliphatic rings. The number of benzene rings is 1. The summed E-state index contributed by atoms with van der Waals surface area (Å²) in [4.78, 5) is 31.1. The van der Waals surface area contributed by atoms with Gasteiger partial charge in [0.2, 0.25) is 15.9 Å². The average molecular weight is 503 g/mol. The molecule has 1 saturated heterocycles. The highest BCUT2D eigenvalue weighted by atomic mass is 32.2. The van der Waals surface area contributed by atoms with Crippen LogP contribution >= 0.6 is 0 Å². The monoisotopic (exact) mass is 502 g/mol. The summed E-state index contributed by atoms with van der Waals surface area (Å²) in [5, 5.41) is 9.62. The van der Waals surface area contributed by atoms with E-state index in [1.807, 2.05) is 6.07 Å².